The summed E-state index contributed by atoms with van der Waals surface area (Å²) in [6.07, 6.45) is 1.63. The predicted molar refractivity (Wildman–Crippen MR) is 94.4 cm³/mol. The highest BCUT2D eigenvalue weighted by Crippen LogP contribution is 2.28. The van der Waals surface area contributed by atoms with Crippen molar-refractivity contribution in [3.8, 4) is 5.69 Å². The number of nitrogens with zero attached hydrogens (tertiary/aromatic N) is 3. The monoisotopic (exact) mass is 367 g/mol. The first-order chi connectivity index (χ1) is 11.5. The second kappa shape index (κ2) is 7.13. The Morgan fingerprint density at radius 3 is 2.54 bits per heavy atom. The SMILES string of the molecule is CC(C)c1c(C(=O)N2CCOCC2)cnn1-c1ccc(Cl)c(Cl)c1. The average molecular weight is 368 g/mol. The number of rotatable bonds is 3. The lowest BCUT2D eigenvalue weighted by Gasteiger charge is -2.27. The highest BCUT2D eigenvalue weighted by Gasteiger charge is 2.26. The topological polar surface area (TPSA) is 47.4 Å². The lowest BCUT2D eigenvalue weighted by Crippen LogP contribution is -2.41. The first-order valence-corrected chi connectivity index (χ1v) is 8.65. The third-order valence-electron chi connectivity index (χ3n) is 4.03. The number of aromatic nitrogens is 2. The first-order valence-electron chi connectivity index (χ1n) is 7.89. The van der Waals surface area contributed by atoms with Gasteiger partial charge in [0.2, 0.25) is 0 Å². The zero-order valence-electron chi connectivity index (χ0n) is 13.6. The molecule has 5 nitrogen and oxygen atoms in total. The Morgan fingerprint density at radius 2 is 1.92 bits per heavy atom. The van der Waals surface area contributed by atoms with Gasteiger partial charge in [-0.25, -0.2) is 4.68 Å². The van der Waals surface area contributed by atoms with E-state index in [9.17, 15) is 4.79 Å². The van der Waals surface area contributed by atoms with E-state index in [2.05, 4.69) is 5.10 Å². The lowest BCUT2D eigenvalue weighted by atomic mass is 10.0. The molecule has 128 valence electrons. The molecule has 0 saturated carbocycles. The molecule has 24 heavy (non-hydrogen) atoms. The molecule has 1 fully saturated rings. The van der Waals surface area contributed by atoms with Crippen LogP contribution in [-0.2, 0) is 4.74 Å². The Kier molecular flexibility index (Phi) is 5.13. The van der Waals surface area contributed by atoms with Gasteiger partial charge in [0.1, 0.15) is 0 Å². The van der Waals surface area contributed by atoms with E-state index >= 15 is 0 Å². The van der Waals surface area contributed by atoms with Gasteiger partial charge in [0, 0.05) is 13.1 Å². The van der Waals surface area contributed by atoms with Gasteiger partial charge < -0.3 is 9.64 Å². The molecule has 0 spiro atoms. The van der Waals surface area contributed by atoms with Crippen LogP contribution >= 0.6 is 23.2 Å². The van der Waals surface area contributed by atoms with Crippen molar-refractivity contribution in [1.29, 1.82) is 0 Å². The maximum absolute atomic E-state index is 12.9. The number of carbonyl (C=O) groups excluding carboxylic acids is 1. The van der Waals surface area contributed by atoms with Crippen LogP contribution in [0.1, 0.15) is 35.8 Å². The van der Waals surface area contributed by atoms with E-state index in [-0.39, 0.29) is 11.8 Å². The molecule has 7 heteroatoms. The maximum Gasteiger partial charge on any atom is 0.257 e. The summed E-state index contributed by atoms with van der Waals surface area (Å²) in [7, 11) is 0. The van der Waals surface area contributed by atoms with Gasteiger partial charge in [0.25, 0.3) is 5.91 Å². The zero-order chi connectivity index (χ0) is 17.3. The van der Waals surface area contributed by atoms with Crippen LogP contribution < -0.4 is 0 Å². The fourth-order valence-corrected chi connectivity index (χ4v) is 3.13. The van der Waals surface area contributed by atoms with Gasteiger partial charge in [-0.3, -0.25) is 4.79 Å². The molecule has 0 bridgehead atoms. The van der Waals surface area contributed by atoms with Gasteiger partial charge in [-0.05, 0) is 24.1 Å². The molecule has 1 aromatic carbocycles. The smallest absolute Gasteiger partial charge is 0.257 e. The number of hydrogen-bond donors (Lipinski definition) is 0. The van der Waals surface area contributed by atoms with Crippen LogP contribution in [0.2, 0.25) is 10.0 Å². The Hall–Kier alpha value is -1.56. The van der Waals surface area contributed by atoms with Gasteiger partial charge in [-0.2, -0.15) is 5.10 Å². The quantitative estimate of drug-likeness (QED) is 0.829. The van der Waals surface area contributed by atoms with Crippen LogP contribution in [0.15, 0.2) is 24.4 Å². The van der Waals surface area contributed by atoms with Crippen LogP contribution in [0.3, 0.4) is 0 Å². The van der Waals surface area contributed by atoms with Crippen LogP contribution in [0, 0.1) is 0 Å². The summed E-state index contributed by atoms with van der Waals surface area (Å²) in [6, 6.07) is 5.33. The standard InChI is InChI=1S/C17H19Cl2N3O2/c1-11(2)16-13(17(23)21-5-7-24-8-6-21)10-20-22(16)12-3-4-14(18)15(19)9-12/h3-4,9-11H,5-8H2,1-2H3. The molecule has 1 aliphatic heterocycles. The van der Waals surface area contributed by atoms with E-state index < -0.39 is 0 Å². The van der Waals surface area contributed by atoms with E-state index in [0.29, 0.717) is 41.9 Å². The van der Waals surface area contributed by atoms with Crippen LogP contribution in [0.4, 0.5) is 0 Å². The van der Waals surface area contributed by atoms with Gasteiger partial charge in [-0.1, -0.05) is 37.0 Å². The highest BCUT2D eigenvalue weighted by atomic mass is 35.5. The highest BCUT2D eigenvalue weighted by molar-refractivity contribution is 6.42. The molecule has 1 aliphatic rings. The number of benzene rings is 1. The van der Waals surface area contributed by atoms with Crippen LogP contribution in [-0.4, -0.2) is 46.9 Å². The fraction of sp³-hybridized carbons (Fsp3) is 0.412. The molecule has 0 N–H and O–H groups in total. The van der Waals surface area contributed by atoms with Crippen molar-refractivity contribution in [3.63, 3.8) is 0 Å². The lowest BCUT2D eigenvalue weighted by molar-refractivity contribution is 0.0302. The summed E-state index contributed by atoms with van der Waals surface area (Å²) < 4.78 is 7.08. The maximum atomic E-state index is 12.9. The van der Waals surface area contributed by atoms with Crippen LogP contribution in [0.25, 0.3) is 5.69 Å². The number of amides is 1. The van der Waals surface area contributed by atoms with Gasteiger partial charge >= 0.3 is 0 Å². The molecular formula is C17H19Cl2N3O2. The minimum Gasteiger partial charge on any atom is -0.378 e. The molecule has 0 radical (unpaired) electrons. The molecule has 1 amide bonds. The summed E-state index contributed by atoms with van der Waals surface area (Å²) >= 11 is 12.1. The Morgan fingerprint density at radius 1 is 1.21 bits per heavy atom. The molecule has 1 saturated heterocycles. The Balaban J connectivity index is 2.01. The first kappa shape index (κ1) is 17.3. The summed E-state index contributed by atoms with van der Waals surface area (Å²) in [5.74, 6) is 0.121. The summed E-state index contributed by atoms with van der Waals surface area (Å²) in [5.41, 5.74) is 2.27. The van der Waals surface area contributed by atoms with Crippen molar-refractivity contribution in [2.75, 3.05) is 26.3 Å². The minimum absolute atomic E-state index is 0.00619. The van der Waals surface area contributed by atoms with Crippen molar-refractivity contribution in [1.82, 2.24) is 14.7 Å². The molecule has 0 unspecified atom stereocenters. The normalized spacial score (nSPS) is 15.1. The number of morpholine rings is 1. The van der Waals surface area contributed by atoms with Crippen LogP contribution in [0.5, 0.6) is 0 Å². The average Bonchev–Trinajstić information content (AvgIpc) is 3.02. The Labute approximate surface area is 151 Å². The summed E-state index contributed by atoms with van der Waals surface area (Å²) in [4.78, 5) is 14.7. The van der Waals surface area contributed by atoms with Gasteiger partial charge in [0.05, 0.1) is 46.4 Å². The van der Waals surface area contributed by atoms with Gasteiger partial charge in [-0.15, -0.1) is 0 Å². The molecular weight excluding hydrogens is 349 g/mol. The van der Waals surface area contributed by atoms with Crippen molar-refractivity contribution in [2.24, 2.45) is 0 Å². The predicted octanol–water partition coefficient (Wildman–Crippen LogP) is 3.77. The zero-order valence-corrected chi connectivity index (χ0v) is 15.1. The summed E-state index contributed by atoms with van der Waals surface area (Å²) in [6.45, 7) is 6.44. The molecule has 1 aromatic heterocycles. The largest absolute Gasteiger partial charge is 0.378 e. The number of halogens is 2. The fourth-order valence-electron chi connectivity index (χ4n) is 2.84. The van der Waals surface area contributed by atoms with E-state index in [4.69, 9.17) is 27.9 Å². The third kappa shape index (κ3) is 3.29. The van der Waals surface area contributed by atoms with Gasteiger partial charge in [0.15, 0.2) is 0 Å². The second-order valence-corrected chi connectivity index (χ2v) is 6.83. The molecule has 0 aliphatic carbocycles. The number of hydrogen-bond acceptors (Lipinski definition) is 3. The molecule has 2 heterocycles. The number of carbonyl (C=O) groups is 1. The number of ether oxygens (including phenoxy) is 1. The van der Waals surface area contributed by atoms with Crippen molar-refractivity contribution >= 4 is 29.1 Å². The molecule has 3 rings (SSSR count). The molecule has 0 atom stereocenters. The van der Waals surface area contributed by atoms with Crippen molar-refractivity contribution < 1.29 is 9.53 Å². The van der Waals surface area contributed by atoms with Crippen molar-refractivity contribution in [2.45, 2.75) is 19.8 Å². The van der Waals surface area contributed by atoms with E-state index in [1.165, 1.54) is 0 Å². The minimum atomic E-state index is -0.00619. The third-order valence-corrected chi connectivity index (χ3v) is 4.77. The van der Waals surface area contributed by atoms with Crippen molar-refractivity contribution in [3.05, 3.63) is 45.7 Å². The van der Waals surface area contributed by atoms with E-state index in [1.54, 1.807) is 23.0 Å². The Bertz CT molecular complexity index is 752. The summed E-state index contributed by atoms with van der Waals surface area (Å²) in [5, 5.41) is 5.38. The van der Waals surface area contributed by atoms with E-state index in [0.717, 1.165) is 11.4 Å². The van der Waals surface area contributed by atoms with E-state index in [1.807, 2.05) is 24.8 Å². The second-order valence-electron chi connectivity index (χ2n) is 6.01. The molecule has 2 aromatic rings.